The van der Waals surface area contributed by atoms with Gasteiger partial charge in [0.25, 0.3) is 0 Å². The van der Waals surface area contributed by atoms with Crippen molar-refractivity contribution in [1.82, 2.24) is 9.88 Å². The second kappa shape index (κ2) is 3.96. The van der Waals surface area contributed by atoms with E-state index in [1.807, 2.05) is 12.4 Å². The third-order valence-electron chi connectivity index (χ3n) is 2.83. The molecule has 0 amide bonds. The van der Waals surface area contributed by atoms with E-state index in [9.17, 15) is 0 Å². The van der Waals surface area contributed by atoms with Crippen molar-refractivity contribution in [1.29, 1.82) is 0 Å². The topological polar surface area (TPSA) is 19.4 Å². The van der Waals surface area contributed by atoms with Crippen molar-refractivity contribution >= 4 is 5.69 Å². The van der Waals surface area contributed by atoms with Gasteiger partial charge in [0.15, 0.2) is 0 Å². The van der Waals surface area contributed by atoms with Crippen molar-refractivity contribution in [2.75, 3.05) is 38.1 Å². The predicted octanol–water partition coefficient (Wildman–Crippen LogP) is 1.14. The van der Waals surface area contributed by atoms with Gasteiger partial charge in [-0.15, -0.1) is 0 Å². The molecule has 2 heterocycles. The summed E-state index contributed by atoms with van der Waals surface area (Å²) in [6, 6.07) is 2.11. The van der Waals surface area contributed by atoms with Crippen LogP contribution in [0.3, 0.4) is 0 Å². The molecule has 0 aromatic carbocycles. The van der Waals surface area contributed by atoms with E-state index in [0.717, 1.165) is 26.2 Å². The first kappa shape index (κ1) is 9.46. The summed E-state index contributed by atoms with van der Waals surface area (Å²) in [6.45, 7) is 6.69. The highest BCUT2D eigenvalue weighted by molar-refractivity contribution is 5.51. The predicted molar refractivity (Wildman–Crippen MR) is 58.7 cm³/mol. The fourth-order valence-electron chi connectivity index (χ4n) is 1.87. The van der Waals surface area contributed by atoms with E-state index in [4.69, 9.17) is 0 Å². The van der Waals surface area contributed by atoms with Crippen LogP contribution in [-0.4, -0.2) is 43.1 Å². The van der Waals surface area contributed by atoms with E-state index in [2.05, 4.69) is 34.8 Å². The SMILES string of the molecule is Cc1cnccc1N1CCN(C)CC1. The number of pyridine rings is 1. The lowest BCUT2D eigenvalue weighted by Crippen LogP contribution is -2.44. The first-order chi connectivity index (χ1) is 6.77. The number of piperazine rings is 1. The molecule has 2 rings (SSSR count). The van der Waals surface area contributed by atoms with Gasteiger partial charge < -0.3 is 9.80 Å². The summed E-state index contributed by atoms with van der Waals surface area (Å²) < 4.78 is 0. The Kier molecular flexibility index (Phi) is 2.68. The molecule has 1 aromatic rings. The van der Waals surface area contributed by atoms with Crippen LogP contribution in [0, 0.1) is 6.92 Å². The van der Waals surface area contributed by atoms with E-state index in [-0.39, 0.29) is 0 Å². The third kappa shape index (κ3) is 1.87. The van der Waals surface area contributed by atoms with Gasteiger partial charge in [0, 0.05) is 44.3 Å². The number of hydrogen-bond acceptors (Lipinski definition) is 3. The normalized spacial score (nSPS) is 18.6. The Labute approximate surface area is 85.4 Å². The van der Waals surface area contributed by atoms with Crippen LogP contribution < -0.4 is 4.90 Å². The first-order valence-corrected chi connectivity index (χ1v) is 5.11. The van der Waals surface area contributed by atoms with Gasteiger partial charge in [0.1, 0.15) is 0 Å². The minimum absolute atomic E-state index is 1.13. The van der Waals surface area contributed by atoms with Crippen molar-refractivity contribution in [3.8, 4) is 0 Å². The van der Waals surface area contributed by atoms with Gasteiger partial charge in [0.2, 0.25) is 0 Å². The lowest BCUT2D eigenvalue weighted by atomic mass is 10.2. The molecular formula is C11H17N3. The standard InChI is InChI=1S/C11H17N3/c1-10-9-12-4-3-11(10)14-7-5-13(2)6-8-14/h3-4,9H,5-8H2,1-2H3. The molecule has 0 radical (unpaired) electrons. The van der Waals surface area contributed by atoms with Crippen LogP contribution in [0.2, 0.25) is 0 Å². The number of likely N-dealkylation sites (N-methyl/N-ethyl adjacent to an activating group) is 1. The first-order valence-electron chi connectivity index (χ1n) is 5.11. The summed E-state index contributed by atoms with van der Waals surface area (Å²) in [6.07, 6.45) is 3.81. The molecule has 14 heavy (non-hydrogen) atoms. The molecule has 0 spiro atoms. The lowest BCUT2D eigenvalue weighted by Gasteiger charge is -2.34. The van der Waals surface area contributed by atoms with Crippen molar-refractivity contribution < 1.29 is 0 Å². The molecule has 1 aliphatic rings. The molecule has 76 valence electrons. The van der Waals surface area contributed by atoms with Crippen LogP contribution in [0.15, 0.2) is 18.5 Å². The largest absolute Gasteiger partial charge is 0.369 e. The number of anilines is 1. The molecule has 1 fully saturated rings. The monoisotopic (exact) mass is 191 g/mol. The van der Waals surface area contributed by atoms with Gasteiger partial charge in [0.05, 0.1) is 0 Å². The summed E-state index contributed by atoms with van der Waals surface area (Å²) in [4.78, 5) is 8.93. The molecule has 0 atom stereocenters. The molecule has 1 aromatic heterocycles. The summed E-state index contributed by atoms with van der Waals surface area (Å²) >= 11 is 0. The maximum atomic E-state index is 4.12. The summed E-state index contributed by atoms with van der Waals surface area (Å²) in [7, 11) is 2.18. The highest BCUT2D eigenvalue weighted by Crippen LogP contribution is 2.19. The summed E-state index contributed by atoms with van der Waals surface area (Å²) in [5, 5.41) is 0. The van der Waals surface area contributed by atoms with E-state index in [1.165, 1.54) is 11.3 Å². The Balaban J connectivity index is 2.12. The molecule has 0 saturated carbocycles. The third-order valence-corrected chi connectivity index (χ3v) is 2.83. The number of aryl methyl sites for hydroxylation is 1. The van der Waals surface area contributed by atoms with E-state index in [1.54, 1.807) is 0 Å². The van der Waals surface area contributed by atoms with Gasteiger partial charge in [-0.1, -0.05) is 0 Å². The minimum Gasteiger partial charge on any atom is -0.369 e. The molecule has 0 unspecified atom stereocenters. The summed E-state index contributed by atoms with van der Waals surface area (Å²) in [5.41, 5.74) is 2.62. The number of hydrogen-bond donors (Lipinski definition) is 0. The van der Waals surface area contributed by atoms with Crippen molar-refractivity contribution in [3.63, 3.8) is 0 Å². The molecule has 3 nitrogen and oxygen atoms in total. The second-order valence-corrected chi connectivity index (χ2v) is 3.95. The molecular weight excluding hydrogens is 174 g/mol. The van der Waals surface area contributed by atoms with Crippen LogP contribution in [0.25, 0.3) is 0 Å². The van der Waals surface area contributed by atoms with Gasteiger partial charge in [-0.3, -0.25) is 4.98 Å². The quantitative estimate of drug-likeness (QED) is 0.663. The average Bonchev–Trinajstić information content (AvgIpc) is 2.20. The number of aromatic nitrogens is 1. The Morgan fingerprint density at radius 1 is 1.21 bits per heavy atom. The van der Waals surface area contributed by atoms with Gasteiger partial charge >= 0.3 is 0 Å². The zero-order chi connectivity index (χ0) is 9.97. The Morgan fingerprint density at radius 2 is 1.93 bits per heavy atom. The van der Waals surface area contributed by atoms with Crippen LogP contribution in [0.1, 0.15) is 5.56 Å². The molecule has 0 bridgehead atoms. The van der Waals surface area contributed by atoms with Crippen LogP contribution >= 0.6 is 0 Å². The van der Waals surface area contributed by atoms with Gasteiger partial charge in [-0.25, -0.2) is 0 Å². The summed E-state index contributed by atoms with van der Waals surface area (Å²) in [5.74, 6) is 0. The lowest BCUT2D eigenvalue weighted by molar-refractivity contribution is 0.312. The Hall–Kier alpha value is -1.09. The highest BCUT2D eigenvalue weighted by atomic mass is 15.2. The fraction of sp³-hybridized carbons (Fsp3) is 0.545. The maximum Gasteiger partial charge on any atom is 0.0427 e. The molecule has 0 aliphatic carbocycles. The molecule has 3 heteroatoms. The zero-order valence-electron chi connectivity index (χ0n) is 8.90. The molecule has 0 N–H and O–H groups in total. The zero-order valence-corrected chi connectivity index (χ0v) is 8.90. The molecule has 1 saturated heterocycles. The van der Waals surface area contributed by atoms with Crippen molar-refractivity contribution in [2.24, 2.45) is 0 Å². The van der Waals surface area contributed by atoms with Crippen LogP contribution in [0.5, 0.6) is 0 Å². The van der Waals surface area contributed by atoms with Crippen LogP contribution in [0.4, 0.5) is 5.69 Å². The highest BCUT2D eigenvalue weighted by Gasteiger charge is 2.15. The second-order valence-electron chi connectivity index (χ2n) is 3.95. The van der Waals surface area contributed by atoms with Crippen LogP contribution in [-0.2, 0) is 0 Å². The van der Waals surface area contributed by atoms with E-state index in [0.29, 0.717) is 0 Å². The van der Waals surface area contributed by atoms with Gasteiger partial charge in [-0.05, 0) is 25.6 Å². The average molecular weight is 191 g/mol. The fourth-order valence-corrected chi connectivity index (χ4v) is 1.87. The number of nitrogens with zero attached hydrogens (tertiary/aromatic N) is 3. The van der Waals surface area contributed by atoms with E-state index >= 15 is 0 Å². The van der Waals surface area contributed by atoms with E-state index < -0.39 is 0 Å². The van der Waals surface area contributed by atoms with Crippen molar-refractivity contribution in [2.45, 2.75) is 6.92 Å². The van der Waals surface area contributed by atoms with Crippen molar-refractivity contribution in [3.05, 3.63) is 24.0 Å². The maximum absolute atomic E-state index is 4.12. The molecule has 1 aliphatic heterocycles. The van der Waals surface area contributed by atoms with Gasteiger partial charge in [-0.2, -0.15) is 0 Å². The number of rotatable bonds is 1. The Morgan fingerprint density at radius 3 is 2.57 bits per heavy atom. The smallest absolute Gasteiger partial charge is 0.0427 e. The minimum atomic E-state index is 1.13. The Bertz CT molecular complexity index is 303.